The number of nitrogens with one attached hydrogen (secondary N) is 1. The number of amides is 1. The zero-order valence-corrected chi connectivity index (χ0v) is 13.8. The summed E-state index contributed by atoms with van der Waals surface area (Å²) in [7, 11) is 0. The molecule has 0 aliphatic heterocycles. The minimum absolute atomic E-state index is 0.0157. The van der Waals surface area contributed by atoms with Crippen LogP contribution in [-0.2, 0) is 4.79 Å². The minimum Gasteiger partial charge on any atom is -0.395 e. The number of rotatable bonds is 8. The molecule has 4 nitrogen and oxygen atoms in total. The molecule has 1 fully saturated rings. The molecular weight excluding hydrogens is 300 g/mol. The lowest BCUT2D eigenvalue weighted by molar-refractivity contribution is -0.116. The molecule has 0 spiro atoms. The van der Waals surface area contributed by atoms with Gasteiger partial charge in [0, 0.05) is 36.8 Å². The first-order chi connectivity index (χ1) is 11.8. The van der Waals surface area contributed by atoms with Gasteiger partial charge in [0.05, 0.1) is 6.61 Å². The van der Waals surface area contributed by atoms with Crippen LogP contribution in [0.1, 0.15) is 19.3 Å². The molecule has 4 heteroatoms. The van der Waals surface area contributed by atoms with Gasteiger partial charge in [-0.25, -0.2) is 0 Å². The molecule has 3 rings (SSSR count). The smallest absolute Gasteiger partial charge is 0.225 e. The number of hydrogen-bond donors (Lipinski definition) is 2. The van der Waals surface area contributed by atoms with Gasteiger partial charge >= 0.3 is 0 Å². The Morgan fingerprint density at radius 2 is 1.75 bits per heavy atom. The van der Waals surface area contributed by atoms with E-state index in [2.05, 4.69) is 10.2 Å². The largest absolute Gasteiger partial charge is 0.395 e. The van der Waals surface area contributed by atoms with Gasteiger partial charge in [0.2, 0.25) is 5.91 Å². The van der Waals surface area contributed by atoms with Crippen LogP contribution >= 0.6 is 0 Å². The predicted octanol–water partition coefficient (Wildman–Crippen LogP) is 3.14. The molecule has 1 aliphatic rings. The van der Waals surface area contributed by atoms with Crippen LogP contribution in [-0.4, -0.2) is 41.7 Å². The molecule has 0 unspecified atom stereocenters. The van der Waals surface area contributed by atoms with Crippen LogP contribution in [0.3, 0.4) is 0 Å². The monoisotopic (exact) mass is 324 g/mol. The molecule has 126 valence electrons. The minimum atomic E-state index is 0.0157. The number of para-hydroxylation sites is 1. The Morgan fingerprint density at radius 3 is 2.46 bits per heavy atom. The number of aliphatic hydroxyl groups is 1. The van der Waals surface area contributed by atoms with Crippen molar-refractivity contribution in [2.75, 3.05) is 25.0 Å². The van der Waals surface area contributed by atoms with Gasteiger partial charge in [-0.05, 0) is 24.5 Å². The number of carbonyl (C=O) groups is 1. The molecular formula is C20H24N2O2. The fraction of sp³-hybridized carbons (Fsp3) is 0.350. The van der Waals surface area contributed by atoms with Gasteiger partial charge < -0.3 is 10.4 Å². The summed E-state index contributed by atoms with van der Waals surface area (Å²) >= 11 is 0. The van der Waals surface area contributed by atoms with E-state index in [4.69, 9.17) is 5.11 Å². The number of hydrogen-bond acceptors (Lipinski definition) is 3. The van der Waals surface area contributed by atoms with Crippen molar-refractivity contribution in [3.63, 3.8) is 0 Å². The van der Waals surface area contributed by atoms with Gasteiger partial charge in [-0.2, -0.15) is 0 Å². The van der Waals surface area contributed by atoms with E-state index in [1.807, 2.05) is 54.6 Å². The van der Waals surface area contributed by atoms with Crippen LogP contribution in [0.4, 0.5) is 5.69 Å². The third kappa shape index (κ3) is 4.43. The van der Waals surface area contributed by atoms with Crippen LogP contribution < -0.4 is 5.32 Å². The molecule has 0 radical (unpaired) electrons. The third-order valence-corrected chi connectivity index (χ3v) is 4.36. The summed E-state index contributed by atoms with van der Waals surface area (Å²) < 4.78 is 0. The average molecular weight is 324 g/mol. The maximum atomic E-state index is 12.3. The van der Waals surface area contributed by atoms with Gasteiger partial charge in [-0.1, -0.05) is 48.5 Å². The van der Waals surface area contributed by atoms with Crippen LogP contribution in [0.25, 0.3) is 11.1 Å². The van der Waals surface area contributed by atoms with Crippen molar-refractivity contribution < 1.29 is 9.90 Å². The molecule has 0 atom stereocenters. The summed E-state index contributed by atoms with van der Waals surface area (Å²) in [5, 5.41) is 12.2. The fourth-order valence-electron chi connectivity index (χ4n) is 2.96. The topological polar surface area (TPSA) is 52.6 Å². The zero-order chi connectivity index (χ0) is 16.8. The Hall–Kier alpha value is -2.17. The van der Waals surface area contributed by atoms with E-state index in [-0.39, 0.29) is 12.5 Å². The summed E-state index contributed by atoms with van der Waals surface area (Å²) in [6.45, 7) is 1.50. The van der Waals surface area contributed by atoms with E-state index in [0.29, 0.717) is 25.6 Å². The molecule has 0 bridgehead atoms. The average Bonchev–Trinajstić information content (AvgIpc) is 3.45. The van der Waals surface area contributed by atoms with Crippen molar-refractivity contribution in [2.45, 2.75) is 25.3 Å². The van der Waals surface area contributed by atoms with E-state index in [1.165, 1.54) is 12.8 Å². The Morgan fingerprint density at radius 1 is 1.04 bits per heavy atom. The van der Waals surface area contributed by atoms with Gasteiger partial charge in [0.15, 0.2) is 0 Å². The number of nitrogens with zero attached hydrogens (tertiary/aromatic N) is 1. The molecule has 0 heterocycles. The second kappa shape index (κ2) is 8.08. The quantitative estimate of drug-likeness (QED) is 0.784. The Bertz CT molecular complexity index is 668. The highest BCUT2D eigenvalue weighted by Gasteiger charge is 2.28. The summed E-state index contributed by atoms with van der Waals surface area (Å²) in [6.07, 6.45) is 2.80. The summed E-state index contributed by atoms with van der Waals surface area (Å²) in [6, 6.07) is 18.5. The Balaban J connectivity index is 1.62. The molecule has 0 saturated heterocycles. The van der Waals surface area contributed by atoms with Gasteiger partial charge in [-0.15, -0.1) is 0 Å². The normalized spacial score (nSPS) is 13.9. The predicted molar refractivity (Wildman–Crippen MR) is 96.8 cm³/mol. The number of aliphatic hydroxyl groups excluding tert-OH is 1. The van der Waals surface area contributed by atoms with E-state index >= 15 is 0 Å². The summed E-state index contributed by atoms with van der Waals surface area (Å²) in [5.74, 6) is 0.0157. The van der Waals surface area contributed by atoms with Crippen molar-refractivity contribution in [1.82, 2.24) is 4.90 Å². The lowest BCUT2D eigenvalue weighted by atomic mass is 10.0. The second-order valence-electron chi connectivity index (χ2n) is 6.20. The van der Waals surface area contributed by atoms with Crippen molar-refractivity contribution >= 4 is 11.6 Å². The molecule has 1 amide bonds. The highest BCUT2D eigenvalue weighted by molar-refractivity contribution is 5.95. The van der Waals surface area contributed by atoms with Gasteiger partial charge in [0.1, 0.15) is 0 Å². The van der Waals surface area contributed by atoms with E-state index < -0.39 is 0 Å². The van der Waals surface area contributed by atoms with Gasteiger partial charge in [0.25, 0.3) is 0 Å². The van der Waals surface area contributed by atoms with E-state index in [1.54, 1.807) is 0 Å². The van der Waals surface area contributed by atoms with Crippen LogP contribution in [0.2, 0.25) is 0 Å². The SMILES string of the molecule is O=C(CCN(CCO)C1CC1)Nc1ccccc1-c1ccccc1. The summed E-state index contributed by atoms with van der Waals surface area (Å²) in [4.78, 5) is 14.6. The Kier molecular flexibility index (Phi) is 5.62. The lowest BCUT2D eigenvalue weighted by Crippen LogP contribution is -2.32. The molecule has 24 heavy (non-hydrogen) atoms. The van der Waals surface area contributed by atoms with Crippen molar-refractivity contribution in [3.8, 4) is 11.1 Å². The van der Waals surface area contributed by atoms with E-state index in [0.717, 1.165) is 16.8 Å². The molecule has 0 aromatic heterocycles. The molecule has 2 N–H and O–H groups in total. The first-order valence-electron chi connectivity index (χ1n) is 8.57. The fourth-order valence-corrected chi connectivity index (χ4v) is 2.96. The molecule has 1 saturated carbocycles. The van der Waals surface area contributed by atoms with Crippen molar-refractivity contribution in [1.29, 1.82) is 0 Å². The number of benzene rings is 2. The maximum Gasteiger partial charge on any atom is 0.225 e. The lowest BCUT2D eigenvalue weighted by Gasteiger charge is -2.20. The standard InChI is InChI=1S/C20H24N2O2/c23-15-14-22(17-10-11-17)13-12-20(24)21-19-9-5-4-8-18(19)16-6-2-1-3-7-16/h1-9,17,23H,10-15H2,(H,21,24). The number of carbonyl (C=O) groups excluding carboxylic acids is 1. The molecule has 2 aromatic rings. The van der Waals surface area contributed by atoms with Crippen molar-refractivity contribution in [2.24, 2.45) is 0 Å². The highest BCUT2D eigenvalue weighted by Crippen LogP contribution is 2.28. The highest BCUT2D eigenvalue weighted by atomic mass is 16.3. The third-order valence-electron chi connectivity index (χ3n) is 4.36. The van der Waals surface area contributed by atoms with Crippen LogP contribution in [0, 0.1) is 0 Å². The first kappa shape index (κ1) is 16.7. The van der Waals surface area contributed by atoms with E-state index in [9.17, 15) is 4.79 Å². The molecule has 1 aliphatic carbocycles. The second-order valence-corrected chi connectivity index (χ2v) is 6.20. The maximum absolute atomic E-state index is 12.3. The summed E-state index contributed by atoms with van der Waals surface area (Å²) in [5.41, 5.74) is 2.96. The van der Waals surface area contributed by atoms with Gasteiger partial charge in [-0.3, -0.25) is 9.69 Å². The zero-order valence-electron chi connectivity index (χ0n) is 13.8. The number of anilines is 1. The Labute approximate surface area is 143 Å². The van der Waals surface area contributed by atoms with Crippen molar-refractivity contribution in [3.05, 3.63) is 54.6 Å². The van der Waals surface area contributed by atoms with Crippen LogP contribution in [0.5, 0.6) is 0 Å². The van der Waals surface area contributed by atoms with Crippen LogP contribution in [0.15, 0.2) is 54.6 Å². The molecule has 2 aromatic carbocycles. The first-order valence-corrected chi connectivity index (χ1v) is 8.57.